The van der Waals surface area contributed by atoms with Crippen LogP contribution in [0.2, 0.25) is 0 Å². The van der Waals surface area contributed by atoms with Gasteiger partial charge >= 0.3 is 0 Å². The highest BCUT2D eigenvalue weighted by molar-refractivity contribution is 9.10. The molecule has 1 rings (SSSR count). The quantitative estimate of drug-likeness (QED) is 0.361. The van der Waals surface area contributed by atoms with Crippen LogP contribution in [0.5, 0.6) is 0 Å². The summed E-state index contributed by atoms with van der Waals surface area (Å²) in [7, 11) is 0.279. The molecule has 0 aromatic carbocycles. The van der Waals surface area contributed by atoms with Crippen molar-refractivity contribution < 1.29 is 22.1 Å². The van der Waals surface area contributed by atoms with E-state index in [4.69, 9.17) is 10.7 Å². The topological polar surface area (TPSA) is 90.2 Å². The lowest BCUT2D eigenvalue weighted by Crippen LogP contribution is -2.06. The molecule has 1 heterocycles. The minimum absolute atomic E-state index is 0.284. The molecule has 1 aromatic heterocycles. The third kappa shape index (κ3) is 3.07. The molecule has 0 saturated carbocycles. The smallest absolute Gasteiger partial charge is 0.258 e. The predicted molar refractivity (Wildman–Crippen MR) is 56.6 cm³/mol. The van der Waals surface area contributed by atoms with Gasteiger partial charge in [-0.3, -0.25) is 10.1 Å². The van der Waals surface area contributed by atoms with Crippen LogP contribution in [0, 0.1) is 10.1 Å². The van der Waals surface area contributed by atoms with Crippen molar-refractivity contribution >= 4 is 41.4 Å². The van der Waals surface area contributed by atoms with E-state index in [2.05, 4.69) is 20.9 Å². The molecular formula is C6H2BrClF2N2O4S. The van der Waals surface area contributed by atoms with Gasteiger partial charge in [-0.25, -0.2) is 22.2 Å². The predicted octanol–water partition coefficient (Wildman–Crippen LogP) is 2.62. The molecule has 0 atom stereocenters. The lowest BCUT2D eigenvalue weighted by atomic mass is 10.2. The van der Waals surface area contributed by atoms with Gasteiger partial charge in [0.1, 0.15) is 10.2 Å². The van der Waals surface area contributed by atoms with Crippen molar-refractivity contribution in [3.8, 4) is 0 Å². The minimum Gasteiger partial charge on any atom is -0.258 e. The van der Waals surface area contributed by atoms with E-state index in [1.54, 1.807) is 0 Å². The second-order valence-electron chi connectivity index (χ2n) is 2.68. The first-order valence-electron chi connectivity index (χ1n) is 3.72. The number of aromatic nitrogens is 1. The fourth-order valence-electron chi connectivity index (χ4n) is 1.03. The number of alkyl halides is 2. The number of hydrogen-bond acceptors (Lipinski definition) is 5. The standard InChI is InChI=1S/C6H2BrClF2N2O4S/c7-3-1-2(12(13)14)4(5(9)10)6(11-3)17(8,15)16/h1,5H. The molecule has 0 aliphatic rings. The summed E-state index contributed by atoms with van der Waals surface area (Å²) in [4.78, 5) is 12.6. The number of hydrogen-bond donors (Lipinski definition) is 0. The largest absolute Gasteiger partial charge is 0.284 e. The summed E-state index contributed by atoms with van der Waals surface area (Å²) in [5, 5.41) is 9.32. The Morgan fingerprint density at radius 1 is 1.53 bits per heavy atom. The van der Waals surface area contributed by atoms with Gasteiger partial charge in [-0.2, -0.15) is 0 Å². The van der Waals surface area contributed by atoms with Gasteiger partial charge in [-0.05, 0) is 15.9 Å². The molecule has 0 unspecified atom stereocenters. The number of nitro groups is 1. The van der Waals surface area contributed by atoms with Crippen molar-refractivity contribution in [2.24, 2.45) is 0 Å². The minimum atomic E-state index is -4.61. The third-order valence-corrected chi connectivity index (χ3v) is 3.23. The Labute approximate surface area is 106 Å². The van der Waals surface area contributed by atoms with Gasteiger partial charge in [0.05, 0.1) is 4.92 Å². The van der Waals surface area contributed by atoms with E-state index in [-0.39, 0.29) is 4.60 Å². The van der Waals surface area contributed by atoms with Crippen molar-refractivity contribution in [3.05, 3.63) is 26.3 Å². The van der Waals surface area contributed by atoms with Crippen LogP contribution in [0.4, 0.5) is 14.5 Å². The van der Waals surface area contributed by atoms with Crippen molar-refractivity contribution in [1.29, 1.82) is 0 Å². The third-order valence-electron chi connectivity index (χ3n) is 1.62. The molecule has 0 aliphatic heterocycles. The first kappa shape index (κ1) is 14.2. The lowest BCUT2D eigenvalue weighted by molar-refractivity contribution is -0.386. The first-order chi connectivity index (χ1) is 7.64. The van der Waals surface area contributed by atoms with Crippen LogP contribution in [-0.4, -0.2) is 18.3 Å². The van der Waals surface area contributed by atoms with Crippen molar-refractivity contribution in [1.82, 2.24) is 4.98 Å². The number of halogens is 4. The Morgan fingerprint density at radius 3 is 2.41 bits per heavy atom. The summed E-state index contributed by atoms with van der Waals surface area (Å²) in [6.07, 6.45) is -3.39. The van der Waals surface area contributed by atoms with Crippen LogP contribution >= 0.6 is 26.6 Å². The number of rotatable bonds is 3. The fourth-order valence-corrected chi connectivity index (χ4v) is 2.56. The van der Waals surface area contributed by atoms with Gasteiger partial charge in [0.2, 0.25) is 0 Å². The zero-order valence-corrected chi connectivity index (χ0v) is 10.8. The summed E-state index contributed by atoms with van der Waals surface area (Å²) >= 11 is 2.67. The van der Waals surface area contributed by atoms with E-state index in [0.717, 1.165) is 0 Å². The van der Waals surface area contributed by atoms with Gasteiger partial charge in [0, 0.05) is 16.7 Å². The molecule has 11 heteroatoms. The van der Waals surface area contributed by atoms with Crippen molar-refractivity contribution in [2.45, 2.75) is 11.5 Å². The lowest BCUT2D eigenvalue weighted by Gasteiger charge is -2.06. The van der Waals surface area contributed by atoms with Crippen LogP contribution in [0.15, 0.2) is 15.7 Å². The summed E-state index contributed by atoms with van der Waals surface area (Å²) in [5.41, 5.74) is -2.39. The van der Waals surface area contributed by atoms with Gasteiger partial charge in [-0.15, -0.1) is 0 Å². The van der Waals surface area contributed by atoms with Crippen LogP contribution in [-0.2, 0) is 9.05 Å². The summed E-state index contributed by atoms with van der Waals surface area (Å²) in [6, 6.07) is 0.674. The first-order valence-corrected chi connectivity index (χ1v) is 6.82. The van der Waals surface area contributed by atoms with Gasteiger partial charge in [-0.1, -0.05) is 0 Å². The Balaban J connectivity index is 3.77. The second-order valence-corrected chi connectivity index (χ2v) is 5.97. The average molecular weight is 352 g/mol. The highest BCUT2D eigenvalue weighted by Crippen LogP contribution is 2.36. The molecular weight excluding hydrogens is 349 g/mol. The van der Waals surface area contributed by atoms with E-state index in [1.165, 1.54) is 0 Å². The maximum Gasteiger partial charge on any atom is 0.284 e. The van der Waals surface area contributed by atoms with Crippen LogP contribution < -0.4 is 0 Å². The fraction of sp³-hybridized carbons (Fsp3) is 0.167. The Kier molecular flexibility index (Phi) is 3.99. The molecule has 0 amide bonds. The van der Waals surface area contributed by atoms with Crippen molar-refractivity contribution in [3.63, 3.8) is 0 Å². The highest BCUT2D eigenvalue weighted by Gasteiger charge is 2.33. The van der Waals surface area contributed by atoms with Gasteiger partial charge < -0.3 is 0 Å². The summed E-state index contributed by atoms with van der Waals surface area (Å²) < 4.78 is 47.0. The normalized spacial score (nSPS) is 11.8. The molecule has 0 saturated heterocycles. The molecule has 17 heavy (non-hydrogen) atoms. The summed E-state index contributed by atoms with van der Waals surface area (Å²) in [5.74, 6) is 0. The maximum absolute atomic E-state index is 12.6. The Morgan fingerprint density at radius 2 is 2.06 bits per heavy atom. The molecule has 0 spiro atoms. The Hall–Kier alpha value is -0.870. The Bertz CT molecular complexity index is 580. The van der Waals surface area contributed by atoms with E-state index < -0.39 is 36.7 Å². The van der Waals surface area contributed by atoms with Gasteiger partial charge in [0.25, 0.3) is 21.2 Å². The number of pyridine rings is 1. The van der Waals surface area contributed by atoms with E-state index in [9.17, 15) is 27.3 Å². The van der Waals surface area contributed by atoms with Crippen molar-refractivity contribution in [2.75, 3.05) is 0 Å². The highest BCUT2D eigenvalue weighted by atomic mass is 79.9. The maximum atomic E-state index is 12.6. The average Bonchev–Trinajstić information content (AvgIpc) is 2.14. The molecule has 1 aromatic rings. The molecule has 0 radical (unpaired) electrons. The number of nitrogens with zero attached hydrogens (tertiary/aromatic N) is 2. The van der Waals surface area contributed by atoms with Crippen LogP contribution in [0.3, 0.4) is 0 Å². The van der Waals surface area contributed by atoms with Crippen LogP contribution in [0.1, 0.15) is 12.0 Å². The molecule has 94 valence electrons. The van der Waals surface area contributed by atoms with E-state index in [0.29, 0.717) is 6.07 Å². The van der Waals surface area contributed by atoms with E-state index in [1.807, 2.05) is 0 Å². The molecule has 0 aliphatic carbocycles. The van der Waals surface area contributed by atoms with Gasteiger partial charge in [0.15, 0.2) is 5.03 Å². The SMILES string of the molecule is O=[N+]([O-])c1cc(Br)nc(S(=O)(=O)Cl)c1C(F)F. The summed E-state index contributed by atoms with van der Waals surface area (Å²) in [6.45, 7) is 0. The zero-order chi connectivity index (χ0) is 13.4. The molecule has 0 fully saturated rings. The van der Waals surface area contributed by atoms with E-state index >= 15 is 0 Å². The molecule has 6 nitrogen and oxygen atoms in total. The second kappa shape index (κ2) is 4.78. The molecule has 0 bridgehead atoms. The molecule has 0 N–H and O–H groups in total. The zero-order valence-electron chi connectivity index (χ0n) is 7.60. The monoisotopic (exact) mass is 350 g/mol. The van der Waals surface area contributed by atoms with Crippen LogP contribution in [0.25, 0.3) is 0 Å².